The van der Waals surface area contributed by atoms with Crippen LogP contribution in [0.25, 0.3) is 0 Å². The molecule has 0 aliphatic carbocycles. The zero-order valence-electron chi connectivity index (χ0n) is 12.9. The van der Waals surface area contributed by atoms with Crippen molar-refractivity contribution in [1.29, 1.82) is 0 Å². The van der Waals surface area contributed by atoms with Gasteiger partial charge in [0.25, 0.3) is 0 Å². The number of piperidine rings is 1. The van der Waals surface area contributed by atoms with Gasteiger partial charge in [-0.05, 0) is 72.9 Å². The number of halogens is 2. The SMILES string of the molecule is CC1CCN(C(C)CNS(=O)(=O)c2ccc(Br)cc2Br)CC1. The number of benzene rings is 1. The molecule has 0 radical (unpaired) electrons. The van der Waals surface area contributed by atoms with Crippen LogP contribution in [0.5, 0.6) is 0 Å². The van der Waals surface area contributed by atoms with Gasteiger partial charge in [-0.1, -0.05) is 22.9 Å². The molecule has 0 spiro atoms. The highest BCUT2D eigenvalue weighted by atomic mass is 79.9. The molecule has 1 saturated heterocycles. The standard InChI is InChI=1S/C15H22Br2N2O2S/c1-11-5-7-19(8-6-11)12(2)10-18-22(20,21)15-4-3-13(16)9-14(15)17/h3-4,9,11-12,18H,5-8,10H2,1-2H3. The van der Waals surface area contributed by atoms with E-state index in [1.54, 1.807) is 18.2 Å². The summed E-state index contributed by atoms with van der Waals surface area (Å²) in [7, 11) is -3.50. The molecule has 0 amide bonds. The topological polar surface area (TPSA) is 49.4 Å². The Morgan fingerprint density at radius 1 is 1.32 bits per heavy atom. The van der Waals surface area contributed by atoms with Crippen molar-refractivity contribution in [3.63, 3.8) is 0 Å². The van der Waals surface area contributed by atoms with E-state index in [9.17, 15) is 8.42 Å². The predicted octanol–water partition coefficient (Wildman–Crippen LogP) is 3.61. The fourth-order valence-corrected chi connectivity index (χ4v) is 5.46. The average molecular weight is 454 g/mol. The molecule has 1 aromatic carbocycles. The fraction of sp³-hybridized carbons (Fsp3) is 0.600. The van der Waals surface area contributed by atoms with Crippen LogP contribution in [0.15, 0.2) is 32.0 Å². The molecule has 1 fully saturated rings. The van der Waals surface area contributed by atoms with E-state index in [1.807, 2.05) is 0 Å². The van der Waals surface area contributed by atoms with Gasteiger partial charge in [0.2, 0.25) is 10.0 Å². The van der Waals surface area contributed by atoms with Crippen LogP contribution in [-0.4, -0.2) is 39.0 Å². The van der Waals surface area contributed by atoms with Gasteiger partial charge in [-0.25, -0.2) is 13.1 Å². The van der Waals surface area contributed by atoms with E-state index in [-0.39, 0.29) is 10.9 Å². The van der Waals surface area contributed by atoms with Crippen LogP contribution < -0.4 is 4.72 Å². The highest BCUT2D eigenvalue weighted by Gasteiger charge is 2.23. The summed E-state index contributed by atoms with van der Waals surface area (Å²) >= 11 is 6.64. The van der Waals surface area contributed by atoms with Gasteiger partial charge < -0.3 is 0 Å². The Balaban J connectivity index is 1.97. The number of rotatable bonds is 5. The van der Waals surface area contributed by atoms with Gasteiger partial charge in [0.05, 0.1) is 4.90 Å². The molecule has 2 rings (SSSR count). The van der Waals surface area contributed by atoms with Crippen LogP contribution in [0.3, 0.4) is 0 Å². The molecule has 7 heteroatoms. The Kier molecular flexibility index (Phi) is 6.48. The molecule has 0 aromatic heterocycles. The van der Waals surface area contributed by atoms with Gasteiger partial charge in [-0.2, -0.15) is 0 Å². The number of nitrogens with zero attached hydrogens (tertiary/aromatic N) is 1. The molecular weight excluding hydrogens is 432 g/mol. The number of hydrogen-bond acceptors (Lipinski definition) is 3. The van der Waals surface area contributed by atoms with Gasteiger partial charge in [0.1, 0.15) is 0 Å². The van der Waals surface area contributed by atoms with Gasteiger partial charge in [-0.3, -0.25) is 4.90 Å². The third-order valence-corrected chi connectivity index (χ3v) is 7.09. The minimum absolute atomic E-state index is 0.205. The van der Waals surface area contributed by atoms with Crippen LogP contribution >= 0.6 is 31.9 Å². The van der Waals surface area contributed by atoms with Crippen LogP contribution in [0.2, 0.25) is 0 Å². The lowest BCUT2D eigenvalue weighted by molar-refractivity contribution is 0.148. The van der Waals surface area contributed by atoms with Crippen molar-refractivity contribution in [2.45, 2.75) is 37.6 Å². The van der Waals surface area contributed by atoms with E-state index >= 15 is 0 Å². The maximum Gasteiger partial charge on any atom is 0.241 e. The molecular formula is C15H22Br2N2O2S. The highest BCUT2D eigenvalue weighted by Crippen LogP contribution is 2.25. The molecule has 1 aliphatic rings. The van der Waals surface area contributed by atoms with Crippen LogP contribution in [0, 0.1) is 5.92 Å². The lowest BCUT2D eigenvalue weighted by atomic mass is 9.98. The summed E-state index contributed by atoms with van der Waals surface area (Å²) < 4.78 is 29.0. The first kappa shape index (κ1) is 18.4. The van der Waals surface area contributed by atoms with Gasteiger partial charge in [0, 0.05) is 21.5 Å². The van der Waals surface area contributed by atoms with E-state index in [1.165, 1.54) is 12.8 Å². The lowest BCUT2D eigenvalue weighted by Crippen LogP contribution is -2.45. The average Bonchev–Trinajstić information content (AvgIpc) is 2.45. The summed E-state index contributed by atoms with van der Waals surface area (Å²) in [4.78, 5) is 2.63. The first-order valence-corrected chi connectivity index (χ1v) is 10.6. The van der Waals surface area contributed by atoms with Gasteiger partial charge in [0.15, 0.2) is 0 Å². The third kappa shape index (κ3) is 4.77. The maximum absolute atomic E-state index is 12.4. The van der Waals surface area contributed by atoms with Crippen molar-refractivity contribution < 1.29 is 8.42 Å². The zero-order valence-corrected chi connectivity index (χ0v) is 16.8. The van der Waals surface area contributed by atoms with E-state index in [0.29, 0.717) is 11.0 Å². The Morgan fingerprint density at radius 3 is 2.55 bits per heavy atom. The molecule has 1 N–H and O–H groups in total. The maximum atomic E-state index is 12.4. The molecule has 22 heavy (non-hydrogen) atoms. The Labute approximate surface area is 150 Å². The Morgan fingerprint density at radius 2 is 1.95 bits per heavy atom. The molecule has 1 aromatic rings. The number of sulfonamides is 1. The van der Waals surface area contributed by atoms with Crippen molar-refractivity contribution in [2.75, 3.05) is 19.6 Å². The monoisotopic (exact) mass is 452 g/mol. The van der Waals surface area contributed by atoms with E-state index in [4.69, 9.17) is 0 Å². The van der Waals surface area contributed by atoms with Crippen molar-refractivity contribution >= 4 is 41.9 Å². The molecule has 1 unspecified atom stereocenters. The Bertz CT molecular complexity index is 614. The van der Waals surface area contributed by atoms with E-state index < -0.39 is 10.0 Å². The predicted molar refractivity (Wildman–Crippen MR) is 96.5 cm³/mol. The largest absolute Gasteiger partial charge is 0.299 e. The third-order valence-electron chi connectivity index (χ3n) is 4.19. The highest BCUT2D eigenvalue weighted by molar-refractivity contribution is 9.11. The van der Waals surface area contributed by atoms with E-state index in [0.717, 1.165) is 23.5 Å². The first-order chi connectivity index (χ1) is 10.3. The van der Waals surface area contributed by atoms with Crippen LogP contribution in [0.4, 0.5) is 0 Å². The normalized spacial score (nSPS) is 19.3. The van der Waals surface area contributed by atoms with Gasteiger partial charge in [-0.15, -0.1) is 0 Å². The number of likely N-dealkylation sites (tertiary alicyclic amines) is 1. The number of hydrogen-bond donors (Lipinski definition) is 1. The molecule has 1 aliphatic heterocycles. The fourth-order valence-electron chi connectivity index (χ4n) is 2.60. The first-order valence-electron chi connectivity index (χ1n) is 7.48. The second-order valence-electron chi connectivity index (χ2n) is 5.99. The summed E-state index contributed by atoms with van der Waals surface area (Å²) in [6.07, 6.45) is 2.38. The molecule has 1 heterocycles. The summed E-state index contributed by atoms with van der Waals surface area (Å²) in [5.74, 6) is 0.777. The summed E-state index contributed by atoms with van der Waals surface area (Å²) in [6, 6.07) is 5.28. The quantitative estimate of drug-likeness (QED) is 0.740. The van der Waals surface area contributed by atoms with Crippen LogP contribution in [0.1, 0.15) is 26.7 Å². The minimum Gasteiger partial charge on any atom is -0.299 e. The lowest BCUT2D eigenvalue weighted by Gasteiger charge is -2.35. The number of nitrogens with one attached hydrogen (secondary N) is 1. The molecule has 124 valence electrons. The summed E-state index contributed by atoms with van der Waals surface area (Å²) in [6.45, 7) is 6.88. The molecule has 0 bridgehead atoms. The van der Waals surface area contributed by atoms with Crippen LogP contribution in [-0.2, 0) is 10.0 Å². The summed E-state index contributed by atoms with van der Waals surface area (Å²) in [5.41, 5.74) is 0. The zero-order chi connectivity index (χ0) is 16.3. The van der Waals surface area contributed by atoms with Gasteiger partial charge >= 0.3 is 0 Å². The van der Waals surface area contributed by atoms with Crippen molar-refractivity contribution in [1.82, 2.24) is 9.62 Å². The smallest absolute Gasteiger partial charge is 0.241 e. The molecule has 4 nitrogen and oxygen atoms in total. The second kappa shape index (κ2) is 7.75. The second-order valence-corrected chi connectivity index (χ2v) is 9.50. The minimum atomic E-state index is -3.50. The van der Waals surface area contributed by atoms with Crippen molar-refractivity contribution in [3.8, 4) is 0 Å². The summed E-state index contributed by atoms with van der Waals surface area (Å²) in [5, 5.41) is 0. The van der Waals surface area contributed by atoms with Crippen molar-refractivity contribution in [2.24, 2.45) is 5.92 Å². The molecule has 0 saturated carbocycles. The Hall–Kier alpha value is 0.0500. The van der Waals surface area contributed by atoms with Crippen molar-refractivity contribution in [3.05, 3.63) is 27.1 Å². The molecule has 1 atom stereocenters. The van der Waals surface area contributed by atoms with E-state index in [2.05, 4.69) is 55.3 Å².